The molecule has 1 aromatic carbocycles. The van der Waals surface area contributed by atoms with E-state index in [-0.39, 0.29) is 0 Å². The van der Waals surface area contributed by atoms with Crippen LogP contribution in [-0.4, -0.2) is 28.8 Å². The first-order valence-corrected chi connectivity index (χ1v) is 5.79. The van der Waals surface area contributed by atoms with Crippen molar-refractivity contribution in [3.8, 4) is 5.75 Å². The summed E-state index contributed by atoms with van der Waals surface area (Å²) >= 11 is 0. The summed E-state index contributed by atoms with van der Waals surface area (Å²) in [5, 5.41) is 0. The summed E-state index contributed by atoms with van der Waals surface area (Å²) in [4.78, 5) is 0. The van der Waals surface area contributed by atoms with Gasteiger partial charge >= 0.3 is 0 Å². The number of methoxy groups -OCH3 is 1. The van der Waals surface area contributed by atoms with Gasteiger partial charge in [0.15, 0.2) is 0 Å². The summed E-state index contributed by atoms with van der Waals surface area (Å²) in [7, 11) is -0.217. The van der Waals surface area contributed by atoms with Crippen LogP contribution in [0.2, 0.25) is 0 Å². The third kappa shape index (κ3) is 2.38. The van der Waals surface area contributed by atoms with Crippen molar-refractivity contribution in [3.05, 3.63) is 24.3 Å². The molecule has 0 aliphatic carbocycles. The molecular formula is C9H12NO3S. The highest BCUT2D eigenvalue weighted by Crippen LogP contribution is 2.20. The molecule has 77 valence electrons. The second-order valence-corrected chi connectivity index (χ2v) is 4.86. The molecular weight excluding hydrogens is 202 g/mol. The van der Waals surface area contributed by atoms with Crippen molar-refractivity contribution in [1.82, 2.24) is 0 Å². The molecule has 0 bridgehead atoms. The Morgan fingerprint density at radius 2 is 2.14 bits per heavy atom. The highest BCUT2D eigenvalue weighted by atomic mass is 32.2. The Kier molecular flexibility index (Phi) is 3.00. The van der Waals surface area contributed by atoms with Gasteiger partial charge in [-0.2, -0.15) is 0 Å². The van der Waals surface area contributed by atoms with Crippen LogP contribution in [-0.2, 0) is 10.0 Å². The van der Waals surface area contributed by atoms with Gasteiger partial charge in [-0.1, -0.05) is 0 Å². The molecule has 4 nitrogen and oxygen atoms in total. The number of rotatable bonds is 3. The van der Waals surface area contributed by atoms with Gasteiger partial charge in [0, 0.05) is 19.2 Å². The van der Waals surface area contributed by atoms with E-state index in [1.807, 2.05) is 0 Å². The minimum atomic E-state index is -3.22. The molecule has 0 heterocycles. The van der Waals surface area contributed by atoms with Crippen LogP contribution >= 0.6 is 0 Å². The lowest BCUT2D eigenvalue weighted by Gasteiger charge is -2.16. The van der Waals surface area contributed by atoms with E-state index in [9.17, 15) is 8.42 Å². The average molecular weight is 214 g/mol. The fourth-order valence-electron chi connectivity index (χ4n) is 0.938. The number of hydrogen-bond acceptors (Lipinski definition) is 3. The molecule has 1 radical (unpaired) electrons. The largest absolute Gasteiger partial charge is 0.496 e. The molecule has 0 atom stereocenters. The van der Waals surface area contributed by atoms with Crippen LogP contribution in [0.25, 0.3) is 0 Å². The van der Waals surface area contributed by atoms with Gasteiger partial charge in [0.2, 0.25) is 10.0 Å². The zero-order valence-corrected chi connectivity index (χ0v) is 9.13. The van der Waals surface area contributed by atoms with Gasteiger partial charge in [0.05, 0.1) is 19.1 Å². The number of hydrogen-bond donors (Lipinski definition) is 0. The molecule has 0 aromatic heterocycles. The van der Waals surface area contributed by atoms with E-state index in [2.05, 4.69) is 6.07 Å². The fraction of sp³-hybridized carbons (Fsp3) is 0.333. The monoisotopic (exact) mass is 214 g/mol. The first kappa shape index (κ1) is 10.8. The number of anilines is 1. The second kappa shape index (κ2) is 3.88. The number of benzene rings is 1. The van der Waals surface area contributed by atoms with Gasteiger partial charge in [-0.05, 0) is 12.1 Å². The fourth-order valence-corrected chi connectivity index (χ4v) is 1.43. The van der Waals surface area contributed by atoms with Gasteiger partial charge in [0.1, 0.15) is 5.75 Å². The maximum absolute atomic E-state index is 11.2. The maximum atomic E-state index is 11.2. The summed E-state index contributed by atoms with van der Waals surface area (Å²) in [6, 6.07) is 7.71. The van der Waals surface area contributed by atoms with Gasteiger partial charge < -0.3 is 4.74 Å². The van der Waals surface area contributed by atoms with Gasteiger partial charge in [-0.15, -0.1) is 0 Å². The molecule has 0 amide bonds. The number of nitrogens with zero attached hydrogens (tertiary/aromatic N) is 1. The predicted molar refractivity (Wildman–Crippen MR) is 55.1 cm³/mol. The van der Waals surface area contributed by atoms with E-state index < -0.39 is 10.0 Å². The maximum Gasteiger partial charge on any atom is 0.231 e. The summed E-state index contributed by atoms with van der Waals surface area (Å²) in [5.41, 5.74) is 0.558. The van der Waals surface area contributed by atoms with Crippen molar-refractivity contribution >= 4 is 15.7 Å². The van der Waals surface area contributed by atoms with Crippen molar-refractivity contribution in [2.75, 3.05) is 24.7 Å². The molecule has 1 rings (SSSR count). The number of sulfonamides is 1. The summed E-state index contributed by atoms with van der Waals surface area (Å²) in [5.74, 6) is 0.512. The van der Waals surface area contributed by atoms with Crippen LogP contribution in [0.1, 0.15) is 0 Å². The van der Waals surface area contributed by atoms with Crippen molar-refractivity contribution in [2.45, 2.75) is 0 Å². The van der Waals surface area contributed by atoms with Crippen molar-refractivity contribution in [2.24, 2.45) is 0 Å². The SMILES string of the molecule is COc1[c]ccc(N(C)S(C)(=O)=O)c1. The van der Waals surface area contributed by atoms with E-state index in [0.29, 0.717) is 11.4 Å². The molecule has 14 heavy (non-hydrogen) atoms. The van der Waals surface area contributed by atoms with E-state index in [0.717, 1.165) is 6.26 Å². The second-order valence-electron chi connectivity index (χ2n) is 2.85. The molecule has 0 aliphatic rings. The first-order chi connectivity index (χ1) is 6.45. The molecule has 1 aromatic rings. The first-order valence-electron chi connectivity index (χ1n) is 3.95. The normalized spacial score (nSPS) is 11.1. The van der Waals surface area contributed by atoms with Crippen LogP contribution in [0, 0.1) is 6.07 Å². The summed E-state index contributed by atoms with van der Waals surface area (Å²) in [6.07, 6.45) is 1.15. The van der Waals surface area contributed by atoms with Crippen LogP contribution in [0.3, 0.4) is 0 Å². The highest BCUT2D eigenvalue weighted by molar-refractivity contribution is 7.92. The summed E-state index contributed by atoms with van der Waals surface area (Å²) in [6.45, 7) is 0. The smallest absolute Gasteiger partial charge is 0.231 e. The minimum absolute atomic E-state index is 0.512. The van der Waals surface area contributed by atoms with Crippen LogP contribution < -0.4 is 9.04 Å². The molecule has 0 aliphatic heterocycles. The van der Waals surface area contributed by atoms with E-state index in [4.69, 9.17) is 4.74 Å². The standard InChI is InChI=1S/C9H12NO3S/c1-10(14(3,11)12)8-5-4-6-9(7-8)13-2/h4-5,7H,1-3H3. The Morgan fingerprint density at radius 3 is 2.64 bits per heavy atom. The quantitative estimate of drug-likeness (QED) is 0.750. The molecule has 5 heteroatoms. The summed E-state index contributed by atoms with van der Waals surface area (Å²) < 4.78 is 28.5. The third-order valence-corrected chi connectivity index (χ3v) is 3.05. The molecule has 0 saturated heterocycles. The molecule has 0 saturated carbocycles. The highest BCUT2D eigenvalue weighted by Gasteiger charge is 2.11. The zero-order valence-electron chi connectivity index (χ0n) is 8.31. The van der Waals surface area contributed by atoms with E-state index in [1.165, 1.54) is 18.5 Å². The third-order valence-electron chi connectivity index (χ3n) is 1.84. The van der Waals surface area contributed by atoms with Crippen molar-refractivity contribution < 1.29 is 13.2 Å². The van der Waals surface area contributed by atoms with Crippen LogP contribution in [0.15, 0.2) is 18.2 Å². The van der Waals surface area contributed by atoms with Crippen molar-refractivity contribution in [1.29, 1.82) is 0 Å². The van der Waals surface area contributed by atoms with Crippen LogP contribution in [0.4, 0.5) is 5.69 Å². The lowest BCUT2D eigenvalue weighted by Crippen LogP contribution is -2.24. The van der Waals surface area contributed by atoms with E-state index in [1.54, 1.807) is 18.2 Å². The average Bonchev–Trinajstić information content (AvgIpc) is 2.15. The Morgan fingerprint density at radius 1 is 1.50 bits per heavy atom. The van der Waals surface area contributed by atoms with Gasteiger partial charge in [-0.25, -0.2) is 8.42 Å². The van der Waals surface area contributed by atoms with Gasteiger partial charge in [-0.3, -0.25) is 4.31 Å². The van der Waals surface area contributed by atoms with Gasteiger partial charge in [0.25, 0.3) is 0 Å². The molecule has 0 fully saturated rings. The Balaban J connectivity index is 3.08. The lowest BCUT2D eigenvalue weighted by atomic mass is 10.3. The molecule has 0 spiro atoms. The topological polar surface area (TPSA) is 46.6 Å². The van der Waals surface area contributed by atoms with Crippen molar-refractivity contribution in [3.63, 3.8) is 0 Å². The Hall–Kier alpha value is -1.23. The Bertz CT molecular complexity index is 414. The lowest BCUT2D eigenvalue weighted by molar-refractivity contribution is 0.414. The molecule has 0 N–H and O–H groups in total. The number of ether oxygens (including phenoxy) is 1. The zero-order chi connectivity index (χ0) is 10.8. The van der Waals surface area contributed by atoms with E-state index >= 15 is 0 Å². The predicted octanol–water partition coefficient (Wildman–Crippen LogP) is 0.891. The van der Waals surface area contributed by atoms with Crippen LogP contribution in [0.5, 0.6) is 5.75 Å². The minimum Gasteiger partial charge on any atom is -0.496 e. The molecule has 0 unspecified atom stereocenters. The Labute approximate surface area is 84.2 Å².